The lowest BCUT2D eigenvalue weighted by Crippen LogP contribution is -2.48. The number of piperazine rings is 1. The van der Waals surface area contributed by atoms with Gasteiger partial charge in [-0.2, -0.15) is 0 Å². The van der Waals surface area contributed by atoms with Crippen LogP contribution >= 0.6 is 60.2 Å². The van der Waals surface area contributed by atoms with E-state index in [9.17, 15) is 0 Å². The maximum Gasteiger partial charge on any atom is 0.180 e. The van der Waals surface area contributed by atoms with Crippen molar-refractivity contribution < 1.29 is 0 Å². The topological polar surface area (TPSA) is 45.4 Å². The number of thiazole rings is 1. The Morgan fingerprint density at radius 1 is 0.903 bits per heavy atom. The van der Waals surface area contributed by atoms with E-state index >= 15 is 0 Å². The summed E-state index contributed by atoms with van der Waals surface area (Å²) in [6.07, 6.45) is 0.965. The van der Waals surface area contributed by atoms with Gasteiger partial charge >= 0.3 is 0 Å². The second-order valence-corrected chi connectivity index (χ2v) is 8.50. The van der Waals surface area contributed by atoms with Crippen LogP contribution in [0.1, 0.15) is 22.9 Å². The molecule has 1 atom stereocenters. The summed E-state index contributed by atoms with van der Waals surface area (Å²) in [5.74, 6) is 0. The Bertz CT molecular complexity index is 884. The maximum atomic E-state index is 6.12. The molecular weight excluding hydrogens is 494 g/mol. The third-order valence-corrected chi connectivity index (χ3v) is 6.30. The van der Waals surface area contributed by atoms with Crippen LogP contribution in [0.4, 0.5) is 5.13 Å². The molecule has 0 saturated carbocycles. The van der Waals surface area contributed by atoms with Gasteiger partial charge in [0.25, 0.3) is 0 Å². The lowest BCUT2D eigenvalue weighted by molar-refractivity contribution is 0.110. The van der Waals surface area contributed by atoms with Crippen molar-refractivity contribution in [2.45, 2.75) is 12.5 Å². The molecule has 1 fully saturated rings. The highest BCUT2D eigenvalue weighted by Gasteiger charge is 2.26. The lowest BCUT2D eigenvalue weighted by atomic mass is 9.96. The molecule has 2 aromatic carbocycles. The van der Waals surface area contributed by atoms with Gasteiger partial charge in [0.1, 0.15) is 0 Å². The van der Waals surface area contributed by atoms with E-state index in [0.717, 1.165) is 49.9 Å². The van der Waals surface area contributed by atoms with Crippen LogP contribution < -0.4 is 5.73 Å². The summed E-state index contributed by atoms with van der Waals surface area (Å²) in [6.45, 7) is 5.25. The van der Waals surface area contributed by atoms with Gasteiger partial charge in [-0.3, -0.25) is 4.90 Å². The third kappa shape index (κ3) is 7.50. The van der Waals surface area contributed by atoms with Crippen molar-refractivity contribution in [3.8, 4) is 0 Å². The molecule has 1 unspecified atom stereocenters. The molecule has 9 heteroatoms. The van der Waals surface area contributed by atoms with Gasteiger partial charge in [0, 0.05) is 49.5 Å². The minimum absolute atomic E-state index is 0. The minimum atomic E-state index is 0. The van der Waals surface area contributed by atoms with E-state index in [2.05, 4.69) is 62.6 Å². The molecule has 2 N–H and O–H groups in total. The highest BCUT2D eigenvalue weighted by molar-refractivity contribution is 7.13. The molecule has 2 heterocycles. The number of rotatable bonds is 6. The van der Waals surface area contributed by atoms with Crippen molar-refractivity contribution in [2.24, 2.45) is 0 Å². The zero-order valence-corrected chi connectivity index (χ0v) is 21.0. The standard InChI is InChI=1S/C22H25ClN4S.3ClH/c23-19-8-6-18(7-9-19)21(17-4-2-1-3-5-17)27-14-12-26(13-15-27)11-10-20-16-28-22(24)25-20;;;/h1-9,16,21H,10-15H2,(H2,24,25);3*1H. The number of nitrogens with zero attached hydrogens (tertiary/aromatic N) is 3. The third-order valence-electron chi connectivity index (χ3n) is 5.33. The van der Waals surface area contributed by atoms with Gasteiger partial charge in [-0.1, -0.05) is 54.1 Å². The highest BCUT2D eigenvalue weighted by Crippen LogP contribution is 2.30. The zero-order chi connectivity index (χ0) is 19.3. The summed E-state index contributed by atoms with van der Waals surface area (Å²) >= 11 is 7.64. The molecular formula is C22H28Cl4N4S. The van der Waals surface area contributed by atoms with Gasteiger partial charge < -0.3 is 10.6 Å². The van der Waals surface area contributed by atoms with Gasteiger partial charge in [-0.05, 0) is 23.3 Å². The predicted octanol–water partition coefficient (Wildman–Crippen LogP) is 5.59. The van der Waals surface area contributed by atoms with E-state index in [1.165, 1.54) is 22.5 Å². The molecule has 1 saturated heterocycles. The van der Waals surface area contributed by atoms with Crippen LogP contribution in [-0.2, 0) is 6.42 Å². The fraction of sp³-hybridized carbons (Fsp3) is 0.318. The molecule has 0 aliphatic carbocycles. The van der Waals surface area contributed by atoms with Crippen LogP contribution in [0.2, 0.25) is 5.02 Å². The molecule has 0 spiro atoms. The molecule has 0 amide bonds. The lowest BCUT2D eigenvalue weighted by Gasteiger charge is -2.39. The molecule has 1 aromatic heterocycles. The van der Waals surface area contributed by atoms with Crippen molar-refractivity contribution in [1.82, 2.24) is 14.8 Å². The van der Waals surface area contributed by atoms with Crippen LogP contribution in [0.15, 0.2) is 60.0 Å². The smallest absolute Gasteiger partial charge is 0.180 e. The Morgan fingerprint density at radius 2 is 1.52 bits per heavy atom. The number of halogens is 4. The van der Waals surface area contributed by atoms with Gasteiger partial charge in [-0.25, -0.2) is 4.98 Å². The molecule has 4 nitrogen and oxygen atoms in total. The van der Waals surface area contributed by atoms with Crippen molar-refractivity contribution in [3.63, 3.8) is 0 Å². The van der Waals surface area contributed by atoms with E-state index in [1.807, 2.05) is 12.1 Å². The molecule has 31 heavy (non-hydrogen) atoms. The van der Waals surface area contributed by atoms with Crippen LogP contribution in [0.25, 0.3) is 0 Å². The van der Waals surface area contributed by atoms with Crippen LogP contribution in [0.5, 0.6) is 0 Å². The van der Waals surface area contributed by atoms with Crippen LogP contribution in [-0.4, -0.2) is 47.5 Å². The van der Waals surface area contributed by atoms with Crippen LogP contribution in [0.3, 0.4) is 0 Å². The summed E-state index contributed by atoms with van der Waals surface area (Å²) in [6, 6.07) is 19.3. The Morgan fingerprint density at radius 3 is 2.10 bits per heavy atom. The Hall–Kier alpha value is -1.05. The zero-order valence-electron chi connectivity index (χ0n) is 17.0. The highest BCUT2D eigenvalue weighted by atomic mass is 35.5. The second kappa shape index (κ2) is 13.5. The quantitative estimate of drug-likeness (QED) is 0.459. The van der Waals surface area contributed by atoms with E-state index in [4.69, 9.17) is 17.3 Å². The van der Waals surface area contributed by atoms with Crippen LogP contribution in [0, 0.1) is 0 Å². The average Bonchev–Trinajstić information content (AvgIpc) is 3.15. The Labute approximate surface area is 212 Å². The predicted molar refractivity (Wildman–Crippen MR) is 140 cm³/mol. The normalized spacial score (nSPS) is 15.3. The van der Waals surface area contributed by atoms with Gasteiger partial charge in [0.2, 0.25) is 0 Å². The number of hydrogen-bond acceptors (Lipinski definition) is 5. The first-order valence-electron chi connectivity index (χ1n) is 9.66. The summed E-state index contributed by atoms with van der Waals surface area (Å²) in [5, 5.41) is 3.51. The largest absolute Gasteiger partial charge is 0.375 e. The summed E-state index contributed by atoms with van der Waals surface area (Å²) in [7, 11) is 0. The number of hydrogen-bond donors (Lipinski definition) is 1. The van der Waals surface area contributed by atoms with Gasteiger partial charge in [0.05, 0.1) is 11.7 Å². The van der Waals surface area contributed by atoms with Gasteiger partial charge in [-0.15, -0.1) is 48.6 Å². The molecule has 170 valence electrons. The molecule has 1 aliphatic heterocycles. The first-order chi connectivity index (χ1) is 13.7. The first kappa shape index (κ1) is 28.0. The molecule has 1 aliphatic rings. The Balaban J connectivity index is 0.00000160. The molecule has 4 rings (SSSR count). The summed E-state index contributed by atoms with van der Waals surface area (Å²) < 4.78 is 0. The first-order valence-corrected chi connectivity index (χ1v) is 10.9. The number of nitrogen functional groups attached to an aromatic ring is 1. The second-order valence-electron chi connectivity index (χ2n) is 7.17. The van der Waals surface area contributed by atoms with Crippen molar-refractivity contribution in [2.75, 3.05) is 38.5 Å². The summed E-state index contributed by atoms with van der Waals surface area (Å²) in [4.78, 5) is 9.48. The molecule has 0 radical (unpaired) electrons. The van der Waals surface area contributed by atoms with E-state index < -0.39 is 0 Å². The Kier molecular flexibility index (Phi) is 12.2. The molecule has 0 bridgehead atoms. The maximum absolute atomic E-state index is 6.12. The van der Waals surface area contributed by atoms with Gasteiger partial charge in [0.15, 0.2) is 5.13 Å². The average molecular weight is 522 g/mol. The van der Waals surface area contributed by atoms with Crippen molar-refractivity contribution in [1.29, 1.82) is 0 Å². The summed E-state index contributed by atoms with van der Waals surface area (Å²) in [5.41, 5.74) is 9.47. The van der Waals surface area contributed by atoms with E-state index in [0.29, 0.717) is 5.13 Å². The number of aromatic nitrogens is 1. The number of anilines is 1. The molecule has 3 aromatic rings. The van der Waals surface area contributed by atoms with E-state index in [1.54, 1.807) is 0 Å². The number of nitrogens with two attached hydrogens (primary N) is 1. The fourth-order valence-electron chi connectivity index (χ4n) is 3.85. The van der Waals surface area contributed by atoms with E-state index in [-0.39, 0.29) is 43.3 Å². The van der Waals surface area contributed by atoms with Crippen molar-refractivity contribution >= 4 is 65.3 Å². The minimum Gasteiger partial charge on any atom is -0.375 e. The monoisotopic (exact) mass is 520 g/mol. The fourth-order valence-corrected chi connectivity index (χ4v) is 4.57. The SMILES string of the molecule is Cl.Cl.Cl.Nc1nc(CCN2CCN(C(c3ccccc3)c3ccc(Cl)cc3)CC2)cs1. The number of benzene rings is 2. The van der Waals surface area contributed by atoms with Crippen molar-refractivity contribution in [3.05, 3.63) is 81.8 Å².